The lowest BCUT2D eigenvalue weighted by atomic mass is 9.89. The molecule has 1 heterocycles. The van der Waals surface area contributed by atoms with Gasteiger partial charge in [-0.3, -0.25) is 0 Å². The third kappa shape index (κ3) is 2.90. The minimum Gasteiger partial charge on any atom is -0.396 e. The molecule has 0 radical (unpaired) electrons. The molecular formula is C12H22N2O3. The Morgan fingerprint density at radius 3 is 2.53 bits per heavy atom. The number of amides is 2. The molecule has 2 N–H and O–H groups in total. The Hall–Kier alpha value is -0.810. The van der Waals surface area contributed by atoms with Crippen LogP contribution >= 0.6 is 0 Å². The molecule has 1 aliphatic heterocycles. The van der Waals surface area contributed by atoms with Gasteiger partial charge in [-0.15, -0.1) is 0 Å². The fourth-order valence-corrected chi connectivity index (χ4v) is 2.09. The molecule has 0 aromatic heterocycles. The maximum atomic E-state index is 11.8. The van der Waals surface area contributed by atoms with Gasteiger partial charge < -0.3 is 20.1 Å². The van der Waals surface area contributed by atoms with Crippen molar-refractivity contribution >= 4 is 6.03 Å². The summed E-state index contributed by atoms with van der Waals surface area (Å²) in [5.74, 6) is 0. The van der Waals surface area contributed by atoms with Gasteiger partial charge in [0.15, 0.2) is 0 Å². The van der Waals surface area contributed by atoms with Gasteiger partial charge in [-0.1, -0.05) is 6.92 Å². The summed E-state index contributed by atoms with van der Waals surface area (Å²) in [6, 6.07) is -0.0575. The van der Waals surface area contributed by atoms with Crippen LogP contribution in [-0.4, -0.2) is 56.0 Å². The van der Waals surface area contributed by atoms with Gasteiger partial charge in [-0.2, -0.15) is 0 Å². The summed E-state index contributed by atoms with van der Waals surface area (Å²) in [6.45, 7) is 5.02. The predicted molar refractivity (Wildman–Crippen MR) is 63.7 cm³/mol. The quantitative estimate of drug-likeness (QED) is 0.735. The third-order valence-electron chi connectivity index (χ3n) is 3.78. The standard InChI is InChI=1S/C12H22N2O3/c1-11(8-17-9-11)5-13-10(16)14(2)6-12(7-15)3-4-12/h15H,3-9H2,1-2H3,(H,13,16). The van der Waals surface area contributed by atoms with E-state index >= 15 is 0 Å². The second-order valence-corrected chi connectivity index (χ2v) is 5.98. The fraction of sp³-hybridized carbons (Fsp3) is 0.917. The molecule has 0 unspecified atom stereocenters. The molecule has 0 atom stereocenters. The number of ether oxygens (including phenoxy) is 1. The normalized spacial score (nSPS) is 23.7. The maximum absolute atomic E-state index is 11.8. The van der Waals surface area contributed by atoms with Crippen molar-refractivity contribution in [3.05, 3.63) is 0 Å². The van der Waals surface area contributed by atoms with Crippen molar-refractivity contribution in [1.29, 1.82) is 0 Å². The molecule has 5 nitrogen and oxygen atoms in total. The summed E-state index contributed by atoms with van der Waals surface area (Å²) in [4.78, 5) is 13.5. The zero-order chi connectivity index (χ0) is 12.5. The van der Waals surface area contributed by atoms with Crippen LogP contribution in [0.3, 0.4) is 0 Å². The average molecular weight is 242 g/mol. The van der Waals surface area contributed by atoms with Gasteiger partial charge in [-0.25, -0.2) is 4.79 Å². The van der Waals surface area contributed by atoms with E-state index in [1.54, 1.807) is 11.9 Å². The molecule has 0 aromatic rings. The monoisotopic (exact) mass is 242 g/mol. The van der Waals surface area contributed by atoms with E-state index in [4.69, 9.17) is 4.74 Å². The number of hydrogen-bond donors (Lipinski definition) is 2. The van der Waals surface area contributed by atoms with Gasteiger partial charge in [0.05, 0.1) is 19.8 Å². The molecule has 98 valence electrons. The van der Waals surface area contributed by atoms with E-state index in [9.17, 15) is 9.90 Å². The van der Waals surface area contributed by atoms with Crippen LogP contribution in [0.1, 0.15) is 19.8 Å². The topological polar surface area (TPSA) is 61.8 Å². The average Bonchev–Trinajstić information content (AvgIpc) is 3.03. The molecule has 5 heteroatoms. The predicted octanol–water partition coefficient (Wildman–Crippen LogP) is 0.437. The molecule has 2 fully saturated rings. The fourth-order valence-electron chi connectivity index (χ4n) is 2.09. The van der Waals surface area contributed by atoms with E-state index in [1.807, 2.05) is 0 Å². The van der Waals surface area contributed by atoms with Crippen molar-refractivity contribution in [2.24, 2.45) is 10.8 Å². The first-order valence-electron chi connectivity index (χ1n) is 6.16. The molecule has 1 saturated carbocycles. The van der Waals surface area contributed by atoms with Crippen molar-refractivity contribution in [3.8, 4) is 0 Å². The first kappa shape index (κ1) is 12.6. The van der Waals surface area contributed by atoms with E-state index < -0.39 is 0 Å². The van der Waals surface area contributed by atoms with Gasteiger partial charge in [0.1, 0.15) is 0 Å². The van der Waals surface area contributed by atoms with Crippen molar-refractivity contribution in [3.63, 3.8) is 0 Å². The number of hydrogen-bond acceptors (Lipinski definition) is 3. The van der Waals surface area contributed by atoms with Crippen LogP contribution in [0.15, 0.2) is 0 Å². The highest BCUT2D eigenvalue weighted by atomic mass is 16.5. The first-order valence-corrected chi connectivity index (χ1v) is 6.16. The van der Waals surface area contributed by atoms with Crippen molar-refractivity contribution in [2.75, 3.05) is 40.0 Å². The second kappa shape index (κ2) is 4.46. The number of nitrogens with zero attached hydrogens (tertiary/aromatic N) is 1. The smallest absolute Gasteiger partial charge is 0.317 e. The van der Waals surface area contributed by atoms with Crippen LogP contribution in [0.5, 0.6) is 0 Å². The molecule has 17 heavy (non-hydrogen) atoms. The Bertz CT molecular complexity index is 298. The highest BCUT2D eigenvalue weighted by Gasteiger charge is 2.43. The number of nitrogens with one attached hydrogen (secondary N) is 1. The number of rotatable bonds is 5. The van der Waals surface area contributed by atoms with Gasteiger partial charge in [0.25, 0.3) is 0 Å². The summed E-state index contributed by atoms with van der Waals surface area (Å²) in [5.41, 5.74) is 0.0836. The Kier molecular flexibility index (Phi) is 3.32. The Morgan fingerprint density at radius 2 is 2.12 bits per heavy atom. The van der Waals surface area contributed by atoms with Gasteiger partial charge >= 0.3 is 6.03 Å². The Morgan fingerprint density at radius 1 is 1.47 bits per heavy atom. The van der Waals surface area contributed by atoms with Crippen LogP contribution in [0.2, 0.25) is 0 Å². The molecule has 2 aliphatic rings. The summed E-state index contributed by atoms with van der Waals surface area (Å²) in [6.07, 6.45) is 2.04. The van der Waals surface area contributed by atoms with Gasteiger partial charge in [0.2, 0.25) is 0 Å². The van der Waals surface area contributed by atoms with Crippen molar-refractivity contribution < 1.29 is 14.6 Å². The molecule has 0 aromatic carbocycles. The number of carbonyl (C=O) groups excluding carboxylic acids is 1. The third-order valence-corrected chi connectivity index (χ3v) is 3.78. The summed E-state index contributed by atoms with van der Waals surface area (Å²) in [5, 5.41) is 12.1. The Labute approximate surface area is 102 Å². The van der Waals surface area contributed by atoms with Crippen molar-refractivity contribution in [1.82, 2.24) is 10.2 Å². The summed E-state index contributed by atoms with van der Waals surface area (Å²) < 4.78 is 5.14. The maximum Gasteiger partial charge on any atom is 0.317 e. The zero-order valence-corrected chi connectivity index (χ0v) is 10.7. The van der Waals surface area contributed by atoms with Crippen LogP contribution in [-0.2, 0) is 4.74 Å². The van der Waals surface area contributed by atoms with E-state index in [1.165, 1.54) is 0 Å². The summed E-state index contributed by atoms with van der Waals surface area (Å²) >= 11 is 0. The van der Waals surface area contributed by atoms with E-state index in [2.05, 4.69) is 12.2 Å². The number of urea groups is 1. The van der Waals surface area contributed by atoms with Crippen LogP contribution < -0.4 is 5.32 Å². The van der Waals surface area contributed by atoms with Crippen LogP contribution in [0, 0.1) is 10.8 Å². The second-order valence-electron chi connectivity index (χ2n) is 5.98. The SMILES string of the molecule is CN(CC1(CO)CC1)C(=O)NCC1(C)COC1. The lowest BCUT2D eigenvalue weighted by Gasteiger charge is -2.38. The lowest BCUT2D eigenvalue weighted by molar-refractivity contribution is -0.0978. The van der Waals surface area contributed by atoms with Crippen molar-refractivity contribution in [2.45, 2.75) is 19.8 Å². The summed E-state index contributed by atoms with van der Waals surface area (Å²) in [7, 11) is 1.78. The molecular weight excluding hydrogens is 220 g/mol. The van der Waals surface area contributed by atoms with E-state index in [-0.39, 0.29) is 23.5 Å². The van der Waals surface area contributed by atoms with Crippen LogP contribution in [0.4, 0.5) is 4.79 Å². The van der Waals surface area contributed by atoms with Gasteiger partial charge in [0, 0.05) is 31.0 Å². The molecule has 0 bridgehead atoms. The first-order chi connectivity index (χ1) is 7.99. The highest BCUT2D eigenvalue weighted by molar-refractivity contribution is 5.74. The van der Waals surface area contributed by atoms with Crippen LogP contribution in [0.25, 0.3) is 0 Å². The van der Waals surface area contributed by atoms with E-state index in [0.29, 0.717) is 13.1 Å². The Balaban J connectivity index is 1.71. The number of aliphatic hydroxyl groups excluding tert-OH is 1. The van der Waals surface area contributed by atoms with E-state index in [0.717, 1.165) is 26.1 Å². The highest BCUT2D eigenvalue weighted by Crippen LogP contribution is 2.45. The minimum atomic E-state index is -0.0575. The molecule has 1 aliphatic carbocycles. The molecule has 0 spiro atoms. The largest absolute Gasteiger partial charge is 0.396 e. The van der Waals surface area contributed by atoms with Gasteiger partial charge in [-0.05, 0) is 12.8 Å². The number of carbonyl (C=O) groups is 1. The zero-order valence-electron chi connectivity index (χ0n) is 10.7. The lowest BCUT2D eigenvalue weighted by Crippen LogP contribution is -2.51. The number of aliphatic hydroxyl groups is 1. The minimum absolute atomic E-state index is 0.0183. The molecule has 2 amide bonds. The molecule has 2 rings (SSSR count). The molecule has 1 saturated heterocycles.